The number of H-pyrrole nitrogens is 2. The summed E-state index contributed by atoms with van der Waals surface area (Å²) in [5, 5.41) is 5.30. The number of rotatable bonds is 2. The van der Waals surface area contributed by atoms with Gasteiger partial charge in [-0.15, -0.1) is 0 Å². The van der Waals surface area contributed by atoms with Crippen LogP contribution in [0.5, 0.6) is 0 Å². The standard InChI is InChI=1S/C9H7Cl2N3O2/c10-6-2-1-5(7(11)3-6)4-14-8(15)12-13-9(14)16/h1-3H,4H2,(H,12,15)(H,13,16). The van der Waals surface area contributed by atoms with Crippen molar-refractivity contribution in [1.29, 1.82) is 0 Å². The fourth-order valence-corrected chi connectivity index (χ4v) is 1.77. The molecule has 0 amide bonds. The highest BCUT2D eigenvalue weighted by Crippen LogP contribution is 2.20. The summed E-state index contributed by atoms with van der Waals surface area (Å²) in [6, 6.07) is 4.88. The molecule has 1 aromatic heterocycles. The Balaban J connectivity index is 2.42. The van der Waals surface area contributed by atoms with Crippen LogP contribution in [0.4, 0.5) is 0 Å². The monoisotopic (exact) mass is 259 g/mol. The third-order valence-electron chi connectivity index (χ3n) is 2.11. The van der Waals surface area contributed by atoms with Crippen molar-refractivity contribution in [2.45, 2.75) is 6.54 Å². The summed E-state index contributed by atoms with van der Waals surface area (Å²) in [6.45, 7) is 0.105. The molecule has 7 heteroatoms. The van der Waals surface area contributed by atoms with Gasteiger partial charge in [0.1, 0.15) is 0 Å². The Morgan fingerprint density at radius 2 is 1.75 bits per heavy atom. The van der Waals surface area contributed by atoms with Crippen LogP contribution in [0, 0.1) is 0 Å². The van der Waals surface area contributed by atoms with Crippen molar-refractivity contribution in [1.82, 2.24) is 14.8 Å². The van der Waals surface area contributed by atoms with Crippen molar-refractivity contribution in [2.75, 3.05) is 0 Å². The molecule has 0 unspecified atom stereocenters. The van der Waals surface area contributed by atoms with Crippen LogP contribution in [0.2, 0.25) is 10.0 Å². The lowest BCUT2D eigenvalue weighted by Gasteiger charge is -2.03. The van der Waals surface area contributed by atoms with Gasteiger partial charge in [-0.2, -0.15) is 0 Å². The average Bonchev–Trinajstić information content (AvgIpc) is 2.53. The number of hydrogen-bond acceptors (Lipinski definition) is 2. The Kier molecular flexibility index (Phi) is 2.89. The van der Waals surface area contributed by atoms with E-state index in [2.05, 4.69) is 10.2 Å². The first-order valence-corrected chi connectivity index (χ1v) is 5.15. The minimum atomic E-state index is -0.504. The Labute approximate surface area is 99.6 Å². The molecule has 0 aliphatic carbocycles. The maximum absolute atomic E-state index is 11.2. The molecule has 0 spiro atoms. The van der Waals surface area contributed by atoms with E-state index in [1.54, 1.807) is 18.2 Å². The van der Waals surface area contributed by atoms with Gasteiger partial charge in [-0.05, 0) is 17.7 Å². The molecule has 0 radical (unpaired) electrons. The summed E-state index contributed by atoms with van der Waals surface area (Å²) in [4.78, 5) is 22.5. The van der Waals surface area contributed by atoms with Gasteiger partial charge in [-0.1, -0.05) is 29.3 Å². The van der Waals surface area contributed by atoms with Gasteiger partial charge in [0.25, 0.3) is 0 Å². The van der Waals surface area contributed by atoms with Crippen LogP contribution in [0.25, 0.3) is 0 Å². The smallest absolute Gasteiger partial charge is 0.247 e. The highest BCUT2D eigenvalue weighted by molar-refractivity contribution is 6.35. The number of aromatic amines is 2. The van der Waals surface area contributed by atoms with E-state index in [1.165, 1.54) is 0 Å². The van der Waals surface area contributed by atoms with E-state index in [0.29, 0.717) is 15.6 Å². The molecule has 0 bridgehead atoms. The zero-order chi connectivity index (χ0) is 11.7. The molecular weight excluding hydrogens is 253 g/mol. The lowest BCUT2D eigenvalue weighted by atomic mass is 10.2. The van der Waals surface area contributed by atoms with Crippen LogP contribution in [-0.2, 0) is 6.54 Å². The van der Waals surface area contributed by atoms with Crippen LogP contribution in [0.1, 0.15) is 5.56 Å². The molecule has 2 N–H and O–H groups in total. The molecule has 0 saturated heterocycles. The lowest BCUT2D eigenvalue weighted by molar-refractivity contribution is 0.734. The molecule has 0 aliphatic heterocycles. The summed E-state index contributed by atoms with van der Waals surface area (Å²) in [5.41, 5.74) is -0.356. The topological polar surface area (TPSA) is 70.7 Å². The van der Waals surface area contributed by atoms with Gasteiger partial charge in [0.05, 0.1) is 6.54 Å². The molecular formula is C9H7Cl2N3O2. The number of nitrogens with one attached hydrogen (secondary N) is 2. The second kappa shape index (κ2) is 4.19. The first-order valence-electron chi connectivity index (χ1n) is 4.39. The molecule has 0 saturated carbocycles. The quantitative estimate of drug-likeness (QED) is 0.852. The van der Waals surface area contributed by atoms with Crippen LogP contribution < -0.4 is 11.4 Å². The Morgan fingerprint density at radius 1 is 1.12 bits per heavy atom. The minimum Gasteiger partial charge on any atom is -0.247 e. The molecule has 1 heterocycles. The fraction of sp³-hybridized carbons (Fsp3) is 0.111. The van der Waals surface area contributed by atoms with E-state index in [9.17, 15) is 9.59 Å². The Hall–Kier alpha value is -1.46. The second-order valence-corrected chi connectivity index (χ2v) is 4.03. The predicted molar refractivity (Wildman–Crippen MR) is 61.2 cm³/mol. The Morgan fingerprint density at radius 3 is 2.31 bits per heavy atom. The van der Waals surface area contributed by atoms with E-state index < -0.39 is 11.4 Å². The zero-order valence-corrected chi connectivity index (χ0v) is 9.47. The number of halogens is 2. The predicted octanol–water partition coefficient (Wildman–Crippen LogP) is 1.22. The summed E-state index contributed by atoms with van der Waals surface area (Å²) in [6.07, 6.45) is 0. The van der Waals surface area contributed by atoms with Crippen LogP contribution in [0.3, 0.4) is 0 Å². The van der Waals surface area contributed by atoms with Crippen LogP contribution >= 0.6 is 23.2 Å². The number of aromatic nitrogens is 3. The maximum atomic E-state index is 11.2. The second-order valence-electron chi connectivity index (χ2n) is 3.18. The molecule has 0 atom stereocenters. The van der Waals surface area contributed by atoms with Crippen molar-refractivity contribution >= 4 is 23.2 Å². The summed E-state index contributed by atoms with van der Waals surface area (Å²) < 4.78 is 1.01. The summed E-state index contributed by atoms with van der Waals surface area (Å²) in [5.74, 6) is 0. The van der Waals surface area contributed by atoms with Crippen molar-refractivity contribution in [3.05, 3.63) is 54.8 Å². The third kappa shape index (κ3) is 2.05. The van der Waals surface area contributed by atoms with E-state index in [4.69, 9.17) is 23.2 Å². The van der Waals surface area contributed by atoms with Gasteiger partial charge < -0.3 is 0 Å². The molecule has 16 heavy (non-hydrogen) atoms. The minimum absolute atomic E-state index is 0.105. The Bertz CT molecular complexity index is 599. The summed E-state index contributed by atoms with van der Waals surface area (Å²) in [7, 11) is 0. The van der Waals surface area contributed by atoms with E-state index in [-0.39, 0.29) is 6.54 Å². The normalized spacial score (nSPS) is 10.6. The van der Waals surface area contributed by atoms with Crippen LogP contribution in [0.15, 0.2) is 27.8 Å². The lowest BCUT2D eigenvalue weighted by Crippen LogP contribution is -2.27. The SMILES string of the molecule is O=c1[nH][nH]c(=O)n1Cc1ccc(Cl)cc1Cl. The number of hydrogen-bond donors (Lipinski definition) is 2. The van der Waals surface area contributed by atoms with Crippen molar-refractivity contribution in [3.63, 3.8) is 0 Å². The first-order chi connectivity index (χ1) is 7.58. The third-order valence-corrected chi connectivity index (χ3v) is 2.70. The van der Waals surface area contributed by atoms with E-state index in [0.717, 1.165) is 4.57 Å². The van der Waals surface area contributed by atoms with Gasteiger partial charge in [0.2, 0.25) is 0 Å². The van der Waals surface area contributed by atoms with Crippen LogP contribution in [-0.4, -0.2) is 14.8 Å². The molecule has 0 fully saturated rings. The molecule has 2 aromatic rings. The molecule has 0 aliphatic rings. The molecule has 2 rings (SSSR count). The largest absolute Gasteiger partial charge is 0.344 e. The maximum Gasteiger partial charge on any atom is 0.344 e. The molecule has 5 nitrogen and oxygen atoms in total. The molecule has 1 aromatic carbocycles. The van der Waals surface area contributed by atoms with Gasteiger partial charge in [-0.25, -0.2) is 24.4 Å². The van der Waals surface area contributed by atoms with E-state index in [1.807, 2.05) is 0 Å². The van der Waals surface area contributed by atoms with Crippen molar-refractivity contribution < 1.29 is 0 Å². The summed E-state index contributed by atoms with van der Waals surface area (Å²) >= 11 is 11.7. The van der Waals surface area contributed by atoms with Gasteiger partial charge in [0.15, 0.2) is 0 Å². The number of nitrogens with zero attached hydrogens (tertiary/aromatic N) is 1. The highest BCUT2D eigenvalue weighted by atomic mass is 35.5. The van der Waals surface area contributed by atoms with Crippen molar-refractivity contribution in [3.8, 4) is 0 Å². The molecule has 84 valence electrons. The number of benzene rings is 1. The van der Waals surface area contributed by atoms with Gasteiger partial charge in [0, 0.05) is 10.0 Å². The highest BCUT2D eigenvalue weighted by Gasteiger charge is 2.07. The average molecular weight is 260 g/mol. The fourth-order valence-electron chi connectivity index (χ4n) is 1.30. The zero-order valence-electron chi connectivity index (χ0n) is 7.96. The van der Waals surface area contributed by atoms with Gasteiger partial charge in [-0.3, -0.25) is 0 Å². The van der Waals surface area contributed by atoms with Crippen molar-refractivity contribution in [2.24, 2.45) is 0 Å². The van der Waals surface area contributed by atoms with Gasteiger partial charge >= 0.3 is 11.4 Å². The first kappa shape index (κ1) is 11.0. The van der Waals surface area contributed by atoms with E-state index >= 15 is 0 Å².